The van der Waals surface area contributed by atoms with E-state index in [-0.39, 0.29) is 0 Å². The number of benzene rings is 2. The molecule has 0 aromatic heterocycles. The predicted molar refractivity (Wildman–Crippen MR) is 79.3 cm³/mol. The van der Waals surface area contributed by atoms with Gasteiger partial charge in [-0.2, -0.15) is 0 Å². The minimum absolute atomic E-state index is 1.24. The van der Waals surface area contributed by atoms with Gasteiger partial charge in [0.25, 0.3) is 0 Å². The Balaban J connectivity index is 2.20. The summed E-state index contributed by atoms with van der Waals surface area (Å²) in [6, 6.07) is 15.0. The van der Waals surface area contributed by atoms with E-state index >= 15 is 0 Å². The average molecular weight is 230 g/mol. The number of rotatable bonds is 1. The van der Waals surface area contributed by atoms with Crippen LogP contribution in [0.1, 0.15) is 5.56 Å². The molecule has 86 valence electrons. The zero-order valence-corrected chi connectivity index (χ0v) is 10.1. The van der Waals surface area contributed by atoms with E-state index in [1.807, 2.05) is 6.08 Å². The summed E-state index contributed by atoms with van der Waals surface area (Å²) >= 11 is 0. The molecule has 0 nitrogen and oxygen atoms in total. The highest BCUT2D eigenvalue weighted by Gasteiger charge is 2.02. The lowest BCUT2D eigenvalue weighted by Crippen LogP contribution is -1.84. The standard InChI is InChI=1S/C18H14/c1-2-4-9-15(10-5-3-1)18-14-8-12-16-11-6-7-13-17(16)18/h1-14H. The molecule has 0 amide bonds. The van der Waals surface area contributed by atoms with Crippen molar-refractivity contribution < 1.29 is 0 Å². The molecule has 0 heterocycles. The smallest absolute Gasteiger partial charge is 0.0105 e. The molecule has 0 saturated carbocycles. The summed E-state index contributed by atoms with van der Waals surface area (Å²) in [5, 5.41) is 2.58. The summed E-state index contributed by atoms with van der Waals surface area (Å²) in [4.78, 5) is 0. The van der Waals surface area contributed by atoms with E-state index in [0.29, 0.717) is 0 Å². The molecule has 0 unspecified atom stereocenters. The van der Waals surface area contributed by atoms with Gasteiger partial charge in [-0.1, -0.05) is 85.0 Å². The Labute approximate surface area is 107 Å². The summed E-state index contributed by atoms with van der Waals surface area (Å²) in [6.07, 6.45) is 14.6. The maximum absolute atomic E-state index is 2.18. The Kier molecular flexibility index (Phi) is 2.93. The molecule has 0 bridgehead atoms. The third kappa shape index (κ3) is 2.05. The van der Waals surface area contributed by atoms with Gasteiger partial charge in [-0.25, -0.2) is 0 Å². The van der Waals surface area contributed by atoms with Crippen LogP contribution in [0.3, 0.4) is 0 Å². The lowest BCUT2D eigenvalue weighted by Gasteiger charge is -2.07. The van der Waals surface area contributed by atoms with E-state index in [4.69, 9.17) is 0 Å². The second kappa shape index (κ2) is 4.89. The number of hydrogen-bond donors (Lipinski definition) is 0. The molecule has 0 radical (unpaired) electrons. The van der Waals surface area contributed by atoms with E-state index in [2.05, 4.69) is 78.9 Å². The average Bonchev–Trinajstić information content (AvgIpc) is 2.38. The van der Waals surface area contributed by atoms with Crippen molar-refractivity contribution in [3.8, 4) is 0 Å². The number of fused-ring (bicyclic) bond motifs is 1. The van der Waals surface area contributed by atoms with E-state index in [9.17, 15) is 0 Å². The van der Waals surface area contributed by atoms with Gasteiger partial charge in [-0.05, 0) is 21.9 Å². The first kappa shape index (κ1) is 10.8. The minimum Gasteiger partial charge on any atom is -0.0623 e. The van der Waals surface area contributed by atoms with Crippen molar-refractivity contribution in [2.24, 2.45) is 0 Å². The number of allylic oxidation sites excluding steroid dienone is 8. The molecular formula is C18H14. The van der Waals surface area contributed by atoms with Crippen LogP contribution in [0.15, 0.2) is 85.0 Å². The van der Waals surface area contributed by atoms with E-state index in [1.165, 1.54) is 21.9 Å². The Morgan fingerprint density at radius 3 is 2.39 bits per heavy atom. The van der Waals surface area contributed by atoms with Gasteiger partial charge in [-0.3, -0.25) is 0 Å². The van der Waals surface area contributed by atoms with Crippen LogP contribution in [-0.2, 0) is 0 Å². The fraction of sp³-hybridized carbons (Fsp3) is 0. The van der Waals surface area contributed by atoms with Gasteiger partial charge in [-0.15, -0.1) is 0 Å². The van der Waals surface area contributed by atoms with Crippen molar-refractivity contribution in [1.29, 1.82) is 0 Å². The van der Waals surface area contributed by atoms with Gasteiger partial charge < -0.3 is 0 Å². The Bertz CT molecular complexity index is 677. The minimum atomic E-state index is 1.24. The summed E-state index contributed by atoms with van der Waals surface area (Å²) in [6.45, 7) is 0. The zero-order chi connectivity index (χ0) is 12.2. The zero-order valence-electron chi connectivity index (χ0n) is 10.1. The maximum atomic E-state index is 2.18. The maximum Gasteiger partial charge on any atom is -0.0105 e. The molecule has 3 rings (SSSR count). The monoisotopic (exact) mass is 230 g/mol. The lowest BCUT2D eigenvalue weighted by atomic mass is 9.97. The van der Waals surface area contributed by atoms with Crippen LogP contribution in [0.25, 0.3) is 16.3 Å². The van der Waals surface area contributed by atoms with Gasteiger partial charge in [0.1, 0.15) is 0 Å². The molecule has 2 aromatic rings. The van der Waals surface area contributed by atoms with Crippen LogP contribution in [0, 0.1) is 0 Å². The Morgan fingerprint density at radius 2 is 1.39 bits per heavy atom. The number of hydrogen-bond acceptors (Lipinski definition) is 0. The fourth-order valence-corrected chi connectivity index (χ4v) is 2.22. The molecule has 1 aliphatic carbocycles. The predicted octanol–water partition coefficient (Wildman–Crippen LogP) is 4.91. The highest BCUT2D eigenvalue weighted by Crippen LogP contribution is 2.26. The molecular weight excluding hydrogens is 216 g/mol. The molecule has 2 aromatic carbocycles. The van der Waals surface area contributed by atoms with E-state index < -0.39 is 0 Å². The van der Waals surface area contributed by atoms with Crippen LogP contribution < -0.4 is 0 Å². The third-order valence-corrected chi connectivity index (χ3v) is 3.10. The summed E-state index contributed by atoms with van der Waals surface area (Å²) in [7, 11) is 0. The SMILES string of the molecule is C1=CC=CC(c2cccc3ccccc23)=CC=C1. The first-order valence-electron chi connectivity index (χ1n) is 6.15. The summed E-state index contributed by atoms with van der Waals surface area (Å²) < 4.78 is 0. The van der Waals surface area contributed by atoms with Crippen molar-refractivity contribution in [1.82, 2.24) is 0 Å². The second-order valence-corrected chi connectivity index (χ2v) is 4.28. The highest BCUT2D eigenvalue weighted by atomic mass is 14.1. The third-order valence-electron chi connectivity index (χ3n) is 3.10. The molecule has 0 saturated heterocycles. The van der Waals surface area contributed by atoms with Crippen LogP contribution >= 0.6 is 0 Å². The molecule has 0 fully saturated rings. The highest BCUT2D eigenvalue weighted by molar-refractivity contribution is 5.96. The van der Waals surface area contributed by atoms with Crippen LogP contribution in [0.2, 0.25) is 0 Å². The van der Waals surface area contributed by atoms with Gasteiger partial charge in [0.05, 0.1) is 0 Å². The molecule has 0 aliphatic heterocycles. The van der Waals surface area contributed by atoms with Crippen molar-refractivity contribution >= 4 is 16.3 Å². The fourth-order valence-electron chi connectivity index (χ4n) is 2.22. The second-order valence-electron chi connectivity index (χ2n) is 4.28. The largest absolute Gasteiger partial charge is 0.0623 e. The van der Waals surface area contributed by atoms with Gasteiger partial charge in [0.15, 0.2) is 0 Å². The van der Waals surface area contributed by atoms with Crippen LogP contribution in [0.5, 0.6) is 0 Å². The first-order chi connectivity index (χ1) is 8.95. The van der Waals surface area contributed by atoms with Crippen LogP contribution in [0.4, 0.5) is 0 Å². The van der Waals surface area contributed by atoms with Gasteiger partial charge >= 0.3 is 0 Å². The van der Waals surface area contributed by atoms with Gasteiger partial charge in [0, 0.05) is 0 Å². The molecule has 0 heteroatoms. The van der Waals surface area contributed by atoms with Crippen LogP contribution in [-0.4, -0.2) is 0 Å². The summed E-state index contributed by atoms with van der Waals surface area (Å²) in [5.74, 6) is 0. The van der Waals surface area contributed by atoms with Crippen molar-refractivity contribution in [2.75, 3.05) is 0 Å². The lowest BCUT2D eigenvalue weighted by molar-refractivity contribution is 1.66. The van der Waals surface area contributed by atoms with Crippen molar-refractivity contribution in [3.05, 3.63) is 90.6 Å². The topological polar surface area (TPSA) is 0 Å². The Hall–Kier alpha value is -2.34. The molecule has 1 aliphatic rings. The Morgan fingerprint density at radius 1 is 0.611 bits per heavy atom. The summed E-state index contributed by atoms with van der Waals surface area (Å²) in [5.41, 5.74) is 2.52. The van der Waals surface area contributed by atoms with E-state index in [0.717, 1.165) is 0 Å². The first-order valence-corrected chi connectivity index (χ1v) is 6.15. The molecule has 0 atom stereocenters. The quantitative estimate of drug-likeness (QED) is 0.653. The van der Waals surface area contributed by atoms with Gasteiger partial charge in [0.2, 0.25) is 0 Å². The normalized spacial score (nSPS) is 14.3. The molecule has 0 N–H and O–H groups in total. The van der Waals surface area contributed by atoms with Crippen molar-refractivity contribution in [2.45, 2.75) is 0 Å². The molecule has 0 spiro atoms. The molecule has 18 heavy (non-hydrogen) atoms. The van der Waals surface area contributed by atoms with E-state index in [1.54, 1.807) is 0 Å². The van der Waals surface area contributed by atoms with Crippen molar-refractivity contribution in [3.63, 3.8) is 0 Å².